The van der Waals surface area contributed by atoms with E-state index in [-0.39, 0.29) is 0 Å². The van der Waals surface area contributed by atoms with Crippen LogP contribution in [0.25, 0.3) is 88.1 Å². The maximum atomic E-state index is 10.3. The molecule has 0 radical (unpaired) electrons. The summed E-state index contributed by atoms with van der Waals surface area (Å²) in [4.78, 5) is 0. The molecular weight excluding hydrogens is 574 g/mol. The highest BCUT2D eigenvalue weighted by molar-refractivity contribution is 6.17. The topological polar surface area (TPSA) is 46.8 Å². The monoisotopic (exact) mass is 599 g/mol. The molecule has 0 saturated heterocycles. The average molecular weight is 600 g/mol. The Hall–Kier alpha value is -6.57. The molecule has 0 fully saturated rings. The normalized spacial score (nSPS) is 11.8. The quantitative estimate of drug-likeness (QED) is 0.203. The standard InChI is InChI=1S/C43H25N3O/c44-26-27-21-28(30-11-1-6-16-37(30)46-39-18-8-2-12-31(39)32-13-3-9-19-40(32)46)23-29(22-27)45-38-17-7-4-14-33(38)35-25-43-36(24-41(35)45)34-15-5-10-20-42(34)47-43/h1-25H. The lowest BCUT2D eigenvalue weighted by atomic mass is 10.00. The van der Waals surface area contributed by atoms with E-state index in [1.165, 1.54) is 10.8 Å². The minimum atomic E-state index is 0.607. The molecule has 0 atom stereocenters. The molecule has 0 saturated carbocycles. The lowest BCUT2D eigenvalue weighted by molar-refractivity contribution is 0.669. The Morgan fingerprint density at radius 1 is 0.447 bits per heavy atom. The minimum absolute atomic E-state index is 0.607. The van der Waals surface area contributed by atoms with Gasteiger partial charge < -0.3 is 13.6 Å². The number of furan rings is 1. The van der Waals surface area contributed by atoms with Crippen LogP contribution in [-0.4, -0.2) is 9.13 Å². The van der Waals surface area contributed by atoms with Crippen molar-refractivity contribution in [1.29, 1.82) is 5.26 Å². The summed E-state index contributed by atoms with van der Waals surface area (Å²) < 4.78 is 10.9. The van der Waals surface area contributed by atoms with E-state index in [0.717, 1.165) is 77.3 Å². The van der Waals surface area contributed by atoms with Gasteiger partial charge in [0.1, 0.15) is 11.2 Å². The molecular formula is C43H25N3O. The molecule has 3 aromatic heterocycles. The van der Waals surface area contributed by atoms with Crippen molar-refractivity contribution in [2.24, 2.45) is 0 Å². The van der Waals surface area contributed by atoms with Crippen LogP contribution < -0.4 is 0 Å². The number of hydrogen-bond acceptors (Lipinski definition) is 2. The second kappa shape index (κ2) is 9.71. The van der Waals surface area contributed by atoms with Gasteiger partial charge in [-0.2, -0.15) is 5.26 Å². The van der Waals surface area contributed by atoms with Crippen LogP contribution in [0.5, 0.6) is 0 Å². The van der Waals surface area contributed by atoms with Gasteiger partial charge in [0, 0.05) is 43.6 Å². The number of para-hydroxylation sites is 5. The Morgan fingerprint density at radius 3 is 1.77 bits per heavy atom. The first-order valence-corrected chi connectivity index (χ1v) is 15.7. The van der Waals surface area contributed by atoms with Crippen LogP contribution in [0.4, 0.5) is 0 Å². The number of rotatable bonds is 3. The first-order valence-electron chi connectivity index (χ1n) is 15.7. The molecule has 4 nitrogen and oxygen atoms in total. The second-order valence-electron chi connectivity index (χ2n) is 12.1. The molecule has 3 heterocycles. The molecule has 0 aliphatic carbocycles. The Balaban J connectivity index is 1.27. The zero-order chi connectivity index (χ0) is 31.1. The Labute approximate surface area is 269 Å². The summed E-state index contributed by atoms with van der Waals surface area (Å²) in [6.45, 7) is 0. The molecule has 0 bridgehead atoms. The molecule has 4 heteroatoms. The summed E-state index contributed by atoms with van der Waals surface area (Å²) in [5.41, 5.74) is 10.9. The van der Waals surface area contributed by atoms with Crippen LogP contribution in [0.15, 0.2) is 156 Å². The van der Waals surface area contributed by atoms with E-state index >= 15 is 0 Å². The van der Waals surface area contributed by atoms with Gasteiger partial charge in [-0.05, 0) is 66.2 Å². The van der Waals surface area contributed by atoms with Gasteiger partial charge in [-0.3, -0.25) is 0 Å². The van der Waals surface area contributed by atoms with E-state index in [1.54, 1.807) is 0 Å². The van der Waals surface area contributed by atoms with E-state index in [0.29, 0.717) is 5.56 Å². The largest absolute Gasteiger partial charge is 0.456 e. The maximum absolute atomic E-state index is 10.3. The van der Waals surface area contributed by atoms with E-state index in [9.17, 15) is 5.26 Å². The lowest BCUT2D eigenvalue weighted by Gasteiger charge is -2.16. The molecule has 10 aromatic rings. The van der Waals surface area contributed by atoms with Gasteiger partial charge >= 0.3 is 0 Å². The highest BCUT2D eigenvalue weighted by atomic mass is 16.3. The number of nitrogens with zero attached hydrogens (tertiary/aromatic N) is 3. The van der Waals surface area contributed by atoms with E-state index < -0.39 is 0 Å². The highest BCUT2D eigenvalue weighted by Gasteiger charge is 2.19. The van der Waals surface area contributed by atoms with Crippen molar-refractivity contribution in [3.05, 3.63) is 157 Å². The molecule has 7 aromatic carbocycles. The SMILES string of the molecule is N#Cc1cc(-c2ccccc2-n2c3ccccc3c3ccccc32)cc(-n2c3ccccc3c3cc4oc5ccccc5c4cc32)c1. The summed E-state index contributed by atoms with van der Waals surface area (Å²) in [6.07, 6.45) is 0. The predicted octanol–water partition coefficient (Wildman–Crippen LogP) is 11.3. The number of benzene rings is 7. The third-order valence-corrected chi connectivity index (χ3v) is 9.51. The van der Waals surface area contributed by atoms with Gasteiger partial charge in [0.25, 0.3) is 0 Å². The zero-order valence-corrected chi connectivity index (χ0v) is 25.2. The minimum Gasteiger partial charge on any atom is -0.456 e. The average Bonchev–Trinajstić information content (AvgIpc) is 3.77. The van der Waals surface area contributed by atoms with Crippen molar-refractivity contribution in [3.63, 3.8) is 0 Å². The van der Waals surface area contributed by atoms with E-state index in [2.05, 4.69) is 137 Å². The van der Waals surface area contributed by atoms with Crippen LogP contribution in [0.2, 0.25) is 0 Å². The second-order valence-corrected chi connectivity index (χ2v) is 12.1. The Bertz CT molecular complexity index is 2880. The van der Waals surface area contributed by atoms with Gasteiger partial charge in [0.05, 0.1) is 39.4 Å². The Kier molecular flexibility index (Phi) is 5.32. The van der Waals surface area contributed by atoms with Crippen molar-refractivity contribution in [2.45, 2.75) is 0 Å². The molecule has 0 unspecified atom stereocenters. The molecule has 0 amide bonds. The van der Waals surface area contributed by atoms with Crippen molar-refractivity contribution in [1.82, 2.24) is 9.13 Å². The first kappa shape index (κ1) is 25.7. The summed E-state index contributed by atoms with van der Waals surface area (Å²) in [7, 11) is 0. The smallest absolute Gasteiger partial charge is 0.136 e. The van der Waals surface area contributed by atoms with Crippen LogP contribution in [0, 0.1) is 11.3 Å². The van der Waals surface area contributed by atoms with Crippen molar-refractivity contribution in [2.75, 3.05) is 0 Å². The molecule has 10 rings (SSSR count). The molecule has 0 spiro atoms. The van der Waals surface area contributed by atoms with Gasteiger partial charge in [-0.15, -0.1) is 0 Å². The molecule has 47 heavy (non-hydrogen) atoms. The van der Waals surface area contributed by atoms with Crippen LogP contribution in [0.1, 0.15) is 5.56 Å². The number of nitriles is 1. The number of aromatic nitrogens is 2. The fourth-order valence-corrected chi connectivity index (χ4v) is 7.52. The summed E-state index contributed by atoms with van der Waals surface area (Å²) >= 11 is 0. The van der Waals surface area contributed by atoms with E-state index in [1.807, 2.05) is 30.3 Å². The fourth-order valence-electron chi connectivity index (χ4n) is 7.52. The van der Waals surface area contributed by atoms with Crippen LogP contribution >= 0.6 is 0 Å². The van der Waals surface area contributed by atoms with Gasteiger partial charge in [0.2, 0.25) is 0 Å². The fraction of sp³-hybridized carbons (Fsp3) is 0. The first-order chi connectivity index (χ1) is 23.3. The maximum Gasteiger partial charge on any atom is 0.136 e. The molecule has 0 aliphatic rings. The highest BCUT2D eigenvalue weighted by Crippen LogP contribution is 2.40. The molecule has 0 aliphatic heterocycles. The predicted molar refractivity (Wildman–Crippen MR) is 193 cm³/mol. The summed E-state index contributed by atoms with van der Waals surface area (Å²) in [5, 5.41) is 17.2. The lowest BCUT2D eigenvalue weighted by Crippen LogP contribution is -1.99. The Morgan fingerprint density at radius 2 is 1.04 bits per heavy atom. The van der Waals surface area contributed by atoms with E-state index in [4.69, 9.17) is 4.42 Å². The van der Waals surface area contributed by atoms with Crippen molar-refractivity contribution in [3.8, 4) is 28.6 Å². The van der Waals surface area contributed by atoms with Crippen LogP contribution in [0.3, 0.4) is 0 Å². The third-order valence-electron chi connectivity index (χ3n) is 9.51. The van der Waals surface area contributed by atoms with Gasteiger partial charge in [0.15, 0.2) is 0 Å². The molecule has 218 valence electrons. The van der Waals surface area contributed by atoms with Crippen LogP contribution in [-0.2, 0) is 0 Å². The summed E-state index contributed by atoms with van der Waals surface area (Å²) in [6, 6.07) is 55.4. The molecule has 0 N–H and O–H groups in total. The van der Waals surface area contributed by atoms with Gasteiger partial charge in [-0.25, -0.2) is 0 Å². The van der Waals surface area contributed by atoms with Crippen molar-refractivity contribution >= 4 is 65.6 Å². The zero-order valence-electron chi connectivity index (χ0n) is 25.2. The number of hydrogen-bond donors (Lipinski definition) is 0. The number of fused-ring (bicyclic) bond motifs is 9. The summed E-state index contributed by atoms with van der Waals surface area (Å²) in [5.74, 6) is 0. The van der Waals surface area contributed by atoms with Gasteiger partial charge in [-0.1, -0.05) is 91.0 Å². The third kappa shape index (κ3) is 3.69. The van der Waals surface area contributed by atoms with Crippen molar-refractivity contribution < 1.29 is 4.42 Å².